The molecule has 0 saturated heterocycles. The molecule has 148 valence electrons. The number of aromatic nitrogens is 1. The molecule has 6 heteroatoms. The van der Waals surface area contributed by atoms with Crippen LogP contribution in [0.5, 0.6) is 11.5 Å². The molecule has 0 spiro atoms. The molecule has 0 radical (unpaired) electrons. The smallest absolute Gasteiger partial charge is 0.257 e. The van der Waals surface area contributed by atoms with Gasteiger partial charge in [-0.25, -0.2) is 4.98 Å². The minimum Gasteiger partial charge on any atom is -0.494 e. The molecule has 0 fully saturated rings. The van der Waals surface area contributed by atoms with Crippen LogP contribution in [0.1, 0.15) is 51.5 Å². The molecule has 0 aliphatic rings. The zero-order valence-electron chi connectivity index (χ0n) is 16.9. The van der Waals surface area contributed by atoms with Crippen LogP contribution in [0.2, 0.25) is 0 Å². The summed E-state index contributed by atoms with van der Waals surface area (Å²) < 4.78 is 16.7. The highest BCUT2D eigenvalue weighted by Crippen LogP contribution is 2.24. The van der Waals surface area contributed by atoms with Crippen LogP contribution in [0.25, 0.3) is 0 Å². The summed E-state index contributed by atoms with van der Waals surface area (Å²) in [6.45, 7) is 11.3. The molecule has 0 aliphatic heterocycles. The third kappa shape index (κ3) is 6.62. The van der Waals surface area contributed by atoms with E-state index in [1.165, 1.54) is 0 Å². The largest absolute Gasteiger partial charge is 0.494 e. The van der Waals surface area contributed by atoms with Crippen molar-refractivity contribution in [3.63, 3.8) is 0 Å². The van der Waals surface area contributed by atoms with E-state index in [-0.39, 0.29) is 17.9 Å². The molecule has 27 heavy (non-hydrogen) atoms. The van der Waals surface area contributed by atoms with Crippen molar-refractivity contribution < 1.29 is 18.7 Å². The SMILES string of the molecule is CCOc1ccc(OCC(=O)NCCCc2oc(C(C)(C)C)nc2C)cc1. The molecule has 1 aromatic carbocycles. The van der Waals surface area contributed by atoms with Gasteiger partial charge in [0.2, 0.25) is 0 Å². The highest BCUT2D eigenvalue weighted by molar-refractivity contribution is 5.77. The second kappa shape index (κ2) is 9.44. The van der Waals surface area contributed by atoms with E-state index in [2.05, 4.69) is 31.1 Å². The highest BCUT2D eigenvalue weighted by Gasteiger charge is 2.22. The Morgan fingerprint density at radius 3 is 2.33 bits per heavy atom. The minimum atomic E-state index is -0.145. The molecule has 0 bridgehead atoms. The first-order chi connectivity index (χ1) is 12.8. The summed E-state index contributed by atoms with van der Waals surface area (Å²) in [4.78, 5) is 16.4. The van der Waals surface area contributed by atoms with E-state index in [9.17, 15) is 4.79 Å². The molecule has 0 atom stereocenters. The van der Waals surface area contributed by atoms with Crippen LogP contribution in [-0.2, 0) is 16.6 Å². The van der Waals surface area contributed by atoms with Crippen LogP contribution in [0, 0.1) is 6.92 Å². The summed E-state index contributed by atoms with van der Waals surface area (Å²) in [6.07, 6.45) is 1.53. The minimum absolute atomic E-state index is 0.0104. The summed E-state index contributed by atoms with van der Waals surface area (Å²) in [5, 5.41) is 2.86. The van der Waals surface area contributed by atoms with Gasteiger partial charge in [0.05, 0.1) is 12.3 Å². The molecule has 1 amide bonds. The van der Waals surface area contributed by atoms with E-state index in [4.69, 9.17) is 13.9 Å². The van der Waals surface area contributed by atoms with E-state index in [0.29, 0.717) is 18.9 Å². The predicted molar refractivity (Wildman–Crippen MR) is 104 cm³/mol. The average Bonchev–Trinajstić information content (AvgIpc) is 3.00. The van der Waals surface area contributed by atoms with Crippen molar-refractivity contribution >= 4 is 5.91 Å². The van der Waals surface area contributed by atoms with Crippen molar-refractivity contribution in [2.75, 3.05) is 19.8 Å². The number of oxazole rings is 1. The Hall–Kier alpha value is -2.50. The maximum Gasteiger partial charge on any atom is 0.257 e. The fourth-order valence-corrected chi connectivity index (χ4v) is 2.46. The first kappa shape index (κ1) is 20.8. The van der Waals surface area contributed by atoms with Gasteiger partial charge in [0.1, 0.15) is 17.3 Å². The Morgan fingerprint density at radius 2 is 1.78 bits per heavy atom. The molecule has 6 nitrogen and oxygen atoms in total. The number of hydrogen-bond acceptors (Lipinski definition) is 5. The standard InChI is InChI=1S/C21H30N2O4/c1-6-25-16-9-11-17(12-10-16)26-14-19(24)22-13-7-8-18-15(2)23-20(27-18)21(3,4)5/h9-12H,6-8,13-14H2,1-5H3,(H,22,24). The molecule has 1 aromatic heterocycles. The van der Waals surface area contributed by atoms with Gasteiger partial charge >= 0.3 is 0 Å². The van der Waals surface area contributed by atoms with Crippen LogP contribution in [0.4, 0.5) is 0 Å². The molecule has 1 N–H and O–H groups in total. The lowest BCUT2D eigenvalue weighted by molar-refractivity contribution is -0.123. The van der Waals surface area contributed by atoms with E-state index < -0.39 is 0 Å². The topological polar surface area (TPSA) is 73.6 Å². The highest BCUT2D eigenvalue weighted by atomic mass is 16.5. The number of aryl methyl sites for hydroxylation is 2. The number of carbonyl (C=O) groups excluding carboxylic acids is 1. The van der Waals surface area contributed by atoms with Gasteiger partial charge in [0.15, 0.2) is 12.5 Å². The molecule has 2 rings (SSSR count). The molecular weight excluding hydrogens is 344 g/mol. The lowest BCUT2D eigenvalue weighted by Gasteiger charge is -2.12. The van der Waals surface area contributed by atoms with Gasteiger partial charge in [0.25, 0.3) is 5.91 Å². The zero-order valence-corrected chi connectivity index (χ0v) is 16.9. The van der Waals surface area contributed by atoms with Crippen LogP contribution in [-0.4, -0.2) is 30.6 Å². The van der Waals surface area contributed by atoms with Crippen molar-refractivity contribution in [3.8, 4) is 11.5 Å². The number of nitrogens with one attached hydrogen (secondary N) is 1. The van der Waals surface area contributed by atoms with E-state index in [0.717, 1.165) is 35.9 Å². The van der Waals surface area contributed by atoms with Crippen molar-refractivity contribution in [1.29, 1.82) is 0 Å². The van der Waals surface area contributed by atoms with Crippen LogP contribution in [0.3, 0.4) is 0 Å². The molecule has 0 aliphatic carbocycles. The molecule has 0 unspecified atom stereocenters. The molecule has 1 heterocycles. The average molecular weight is 374 g/mol. The molecular formula is C21H30N2O4. The third-order valence-electron chi connectivity index (χ3n) is 3.94. The lowest BCUT2D eigenvalue weighted by Crippen LogP contribution is -2.29. The van der Waals surface area contributed by atoms with E-state index >= 15 is 0 Å². The summed E-state index contributed by atoms with van der Waals surface area (Å²) in [7, 11) is 0. The molecule has 2 aromatic rings. The number of carbonyl (C=O) groups is 1. The van der Waals surface area contributed by atoms with Gasteiger partial charge < -0.3 is 19.2 Å². The summed E-state index contributed by atoms with van der Waals surface area (Å²) in [5.74, 6) is 2.92. The Bertz CT molecular complexity index is 730. The maximum atomic E-state index is 11.9. The van der Waals surface area contributed by atoms with Gasteiger partial charge in [-0.3, -0.25) is 4.79 Å². The Morgan fingerprint density at radius 1 is 1.15 bits per heavy atom. The fourth-order valence-electron chi connectivity index (χ4n) is 2.46. The maximum absolute atomic E-state index is 11.9. The van der Waals surface area contributed by atoms with Crippen molar-refractivity contribution in [2.24, 2.45) is 0 Å². The first-order valence-corrected chi connectivity index (χ1v) is 9.38. The zero-order chi connectivity index (χ0) is 19.9. The third-order valence-corrected chi connectivity index (χ3v) is 3.94. The Balaban J connectivity index is 1.68. The number of hydrogen-bond donors (Lipinski definition) is 1. The van der Waals surface area contributed by atoms with Gasteiger partial charge in [-0.05, 0) is 44.5 Å². The second-order valence-corrected chi connectivity index (χ2v) is 7.42. The lowest BCUT2D eigenvalue weighted by atomic mass is 9.97. The Labute approximate surface area is 161 Å². The molecule has 0 saturated carbocycles. The number of nitrogens with zero attached hydrogens (tertiary/aromatic N) is 1. The van der Waals surface area contributed by atoms with Gasteiger partial charge in [0, 0.05) is 18.4 Å². The number of benzene rings is 1. The number of rotatable bonds is 9. The van der Waals surface area contributed by atoms with Crippen molar-refractivity contribution in [2.45, 2.75) is 52.9 Å². The fraction of sp³-hybridized carbons (Fsp3) is 0.524. The van der Waals surface area contributed by atoms with Gasteiger partial charge in [-0.1, -0.05) is 20.8 Å². The van der Waals surface area contributed by atoms with Crippen molar-refractivity contribution in [1.82, 2.24) is 10.3 Å². The normalized spacial score (nSPS) is 11.3. The van der Waals surface area contributed by atoms with Gasteiger partial charge in [-0.15, -0.1) is 0 Å². The Kier molecular flexibility index (Phi) is 7.28. The first-order valence-electron chi connectivity index (χ1n) is 9.38. The summed E-state index contributed by atoms with van der Waals surface area (Å²) in [6, 6.07) is 7.22. The van der Waals surface area contributed by atoms with E-state index in [1.54, 1.807) is 12.1 Å². The van der Waals surface area contributed by atoms with Gasteiger partial charge in [-0.2, -0.15) is 0 Å². The summed E-state index contributed by atoms with van der Waals surface area (Å²) >= 11 is 0. The predicted octanol–water partition coefficient (Wildman–Crippen LogP) is 3.81. The number of amides is 1. The monoisotopic (exact) mass is 374 g/mol. The summed E-state index contributed by atoms with van der Waals surface area (Å²) in [5.41, 5.74) is 0.820. The number of ether oxygens (including phenoxy) is 2. The van der Waals surface area contributed by atoms with E-state index in [1.807, 2.05) is 26.0 Å². The second-order valence-electron chi connectivity index (χ2n) is 7.42. The quantitative estimate of drug-likeness (QED) is 0.676. The van der Waals surface area contributed by atoms with Crippen LogP contribution in [0.15, 0.2) is 28.7 Å². The van der Waals surface area contributed by atoms with Crippen molar-refractivity contribution in [3.05, 3.63) is 41.6 Å². The van der Waals surface area contributed by atoms with Crippen LogP contribution < -0.4 is 14.8 Å². The van der Waals surface area contributed by atoms with Crippen LogP contribution >= 0.6 is 0 Å².